The first-order chi connectivity index (χ1) is 9.22. The van der Waals surface area contributed by atoms with Crippen molar-refractivity contribution in [2.45, 2.75) is 25.7 Å². The molecule has 2 heteroatoms. The van der Waals surface area contributed by atoms with Crippen molar-refractivity contribution < 1.29 is 0 Å². The molecule has 2 aromatic rings. The highest BCUT2D eigenvalue weighted by atomic mass is 79.9. The van der Waals surface area contributed by atoms with E-state index in [1.165, 1.54) is 16.7 Å². The Morgan fingerprint density at radius 3 is 2.05 bits per heavy atom. The Labute approximate surface area is 124 Å². The number of hydrogen-bond acceptors (Lipinski definition) is 1. The molecule has 0 aliphatic rings. The molecule has 0 bridgehead atoms. The molecule has 1 atom stereocenters. The summed E-state index contributed by atoms with van der Waals surface area (Å²) >= 11 is 3.47. The number of hydrogen-bond donors (Lipinski definition) is 1. The Balaban J connectivity index is 2.11. The SMILES string of the molecule is CCc1ccc(CC(CN)c2ccc(Br)cc2)cc1. The van der Waals surface area contributed by atoms with Crippen LogP contribution < -0.4 is 5.73 Å². The molecule has 2 N–H and O–H groups in total. The van der Waals surface area contributed by atoms with Crippen molar-refractivity contribution in [3.05, 3.63) is 69.7 Å². The zero-order valence-corrected chi connectivity index (χ0v) is 12.9. The van der Waals surface area contributed by atoms with E-state index in [1.807, 2.05) is 0 Å². The molecule has 2 rings (SSSR count). The Morgan fingerprint density at radius 2 is 1.53 bits per heavy atom. The Hall–Kier alpha value is -1.12. The van der Waals surface area contributed by atoms with E-state index in [0.29, 0.717) is 12.5 Å². The smallest absolute Gasteiger partial charge is 0.0175 e. The molecule has 0 heterocycles. The van der Waals surface area contributed by atoms with E-state index in [2.05, 4.69) is 71.4 Å². The van der Waals surface area contributed by atoms with Crippen LogP contribution in [-0.2, 0) is 12.8 Å². The average Bonchev–Trinajstić information content (AvgIpc) is 2.46. The fourth-order valence-electron chi connectivity index (χ4n) is 2.27. The monoisotopic (exact) mass is 317 g/mol. The lowest BCUT2D eigenvalue weighted by Gasteiger charge is -2.15. The summed E-state index contributed by atoms with van der Waals surface area (Å²) in [7, 11) is 0. The van der Waals surface area contributed by atoms with Crippen molar-refractivity contribution in [2.24, 2.45) is 5.73 Å². The summed E-state index contributed by atoms with van der Waals surface area (Å²) in [6, 6.07) is 17.3. The van der Waals surface area contributed by atoms with Crippen LogP contribution in [0.2, 0.25) is 0 Å². The van der Waals surface area contributed by atoms with Crippen LogP contribution in [-0.4, -0.2) is 6.54 Å². The van der Waals surface area contributed by atoms with Gasteiger partial charge in [0, 0.05) is 10.4 Å². The first-order valence-electron chi connectivity index (χ1n) is 6.76. The van der Waals surface area contributed by atoms with Gasteiger partial charge in [0.05, 0.1) is 0 Å². The van der Waals surface area contributed by atoms with Crippen LogP contribution in [0.4, 0.5) is 0 Å². The van der Waals surface area contributed by atoms with Gasteiger partial charge >= 0.3 is 0 Å². The van der Waals surface area contributed by atoms with Crippen LogP contribution in [0.5, 0.6) is 0 Å². The number of halogens is 1. The summed E-state index contributed by atoms with van der Waals surface area (Å²) in [6.45, 7) is 2.86. The average molecular weight is 318 g/mol. The van der Waals surface area contributed by atoms with E-state index in [4.69, 9.17) is 5.73 Å². The van der Waals surface area contributed by atoms with Crippen molar-refractivity contribution in [1.82, 2.24) is 0 Å². The highest BCUT2D eigenvalue weighted by molar-refractivity contribution is 9.10. The molecule has 0 spiro atoms. The summed E-state index contributed by atoms with van der Waals surface area (Å²) in [5.41, 5.74) is 9.99. The van der Waals surface area contributed by atoms with Crippen LogP contribution in [0.15, 0.2) is 53.0 Å². The van der Waals surface area contributed by atoms with Crippen molar-refractivity contribution in [3.63, 3.8) is 0 Å². The zero-order chi connectivity index (χ0) is 13.7. The highest BCUT2D eigenvalue weighted by Crippen LogP contribution is 2.22. The molecule has 0 aliphatic heterocycles. The minimum atomic E-state index is 0.389. The van der Waals surface area contributed by atoms with Crippen molar-refractivity contribution in [1.29, 1.82) is 0 Å². The summed E-state index contributed by atoms with van der Waals surface area (Å²) in [6.07, 6.45) is 2.09. The van der Waals surface area contributed by atoms with E-state index >= 15 is 0 Å². The first kappa shape index (κ1) is 14.3. The lowest BCUT2D eigenvalue weighted by Crippen LogP contribution is -2.15. The van der Waals surface area contributed by atoms with Gasteiger partial charge < -0.3 is 5.73 Å². The van der Waals surface area contributed by atoms with Gasteiger partial charge in [0.2, 0.25) is 0 Å². The minimum Gasteiger partial charge on any atom is -0.330 e. The third kappa shape index (κ3) is 3.92. The lowest BCUT2D eigenvalue weighted by atomic mass is 9.92. The molecule has 0 saturated heterocycles. The molecule has 2 aromatic carbocycles. The summed E-state index contributed by atoms with van der Waals surface area (Å²) in [5, 5.41) is 0. The predicted octanol–water partition coefficient (Wildman–Crippen LogP) is 4.30. The highest BCUT2D eigenvalue weighted by Gasteiger charge is 2.10. The maximum Gasteiger partial charge on any atom is 0.0175 e. The van der Waals surface area contributed by atoms with E-state index in [1.54, 1.807) is 0 Å². The van der Waals surface area contributed by atoms with Gasteiger partial charge in [0.25, 0.3) is 0 Å². The largest absolute Gasteiger partial charge is 0.330 e. The standard InChI is InChI=1S/C17H20BrN/c1-2-13-3-5-14(6-4-13)11-16(12-19)15-7-9-17(18)10-8-15/h3-10,16H,2,11-12,19H2,1H3. The molecular weight excluding hydrogens is 298 g/mol. The maximum atomic E-state index is 5.94. The van der Waals surface area contributed by atoms with E-state index < -0.39 is 0 Å². The van der Waals surface area contributed by atoms with Crippen LogP contribution in [0.3, 0.4) is 0 Å². The molecule has 100 valence electrons. The molecule has 0 aliphatic carbocycles. The van der Waals surface area contributed by atoms with Crippen LogP contribution in [0.1, 0.15) is 29.5 Å². The van der Waals surface area contributed by atoms with Crippen LogP contribution >= 0.6 is 15.9 Å². The second-order valence-corrected chi connectivity index (χ2v) is 5.77. The molecule has 1 nitrogen and oxygen atoms in total. The number of rotatable bonds is 5. The number of nitrogens with two attached hydrogens (primary N) is 1. The van der Waals surface area contributed by atoms with E-state index in [0.717, 1.165) is 17.3 Å². The number of benzene rings is 2. The van der Waals surface area contributed by atoms with Crippen LogP contribution in [0, 0.1) is 0 Å². The van der Waals surface area contributed by atoms with Gasteiger partial charge in [-0.05, 0) is 48.2 Å². The van der Waals surface area contributed by atoms with Crippen molar-refractivity contribution >= 4 is 15.9 Å². The second kappa shape index (κ2) is 6.88. The third-order valence-corrected chi connectivity index (χ3v) is 4.07. The molecular formula is C17H20BrN. The fraction of sp³-hybridized carbons (Fsp3) is 0.294. The Bertz CT molecular complexity index is 502. The van der Waals surface area contributed by atoms with Gasteiger partial charge in [-0.1, -0.05) is 59.3 Å². The first-order valence-corrected chi connectivity index (χ1v) is 7.55. The van der Waals surface area contributed by atoms with E-state index in [-0.39, 0.29) is 0 Å². The normalized spacial score (nSPS) is 12.4. The topological polar surface area (TPSA) is 26.0 Å². The second-order valence-electron chi connectivity index (χ2n) is 4.86. The minimum absolute atomic E-state index is 0.389. The zero-order valence-electron chi connectivity index (χ0n) is 11.3. The maximum absolute atomic E-state index is 5.94. The Morgan fingerprint density at radius 1 is 0.947 bits per heavy atom. The van der Waals surface area contributed by atoms with Crippen molar-refractivity contribution in [2.75, 3.05) is 6.54 Å². The molecule has 0 aromatic heterocycles. The van der Waals surface area contributed by atoms with Crippen molar-refractivity contribution in [3.8, 4) is 0 Å². The Kier molecular flexibility index (Phi) is 5.17. The quantitative estimate of drug-likeness (QED) is 0.874. The molecule has 19 heavy (non-hydrogen) atoms. The lowest BCUT2D eigenvalue weighted by molar-refractivity contribution is 0.694. The van der Waals surface area contributed by atoms with Gasteiger partial charge in [-0.2, -0.15) is 0 Å². The fourth-order valence-corrected chi connectivity index (χ4v) is 2.53. The molecule has 0 fully saturated rings. The van der Waals surface area contributed by atoms with Gasteiger partial charge in [0.15, 0.2) is 0 Å². The molecule has 0 saturated carbocycles. The molecule has 1 unspecified atom stereocenters. The number of aryl methyl sites for hydroxylation is 1. The third-order valence-electron chi connectivity index (χ3n) is 3.54. The van der Waals surface area contributed by atoms with Gasteiger partial charge in [0.1, 0.15) is 0 Å². The summed E-state index contributed by atoms with van der Waals surface area (Å²) in [5.74, 6) is 0.389. The van der Waals surface area contributed by atoms with Gasteiger partial charge in [-0.3, -0.25) is 0 Å². The summed E-state index contributed by atoms with van der Waals surface area (Å²) < 4.78 is 1.11. The van der Waals surface area contributed by atoms with E-state index in [9.17, 15) is 0 Å². The van der Waals surface area contributed by atoms with Gasteiger partial charge in [-0.15, -0.1) is 0 Å². The van der Waals surface area contributed by atoms with Crippen LogP contribution in [0.25, 0.3) is 0 Å². The molecule has 0 radical (unpaired) electrons. The summed E-state index contributed by atoms with van der Waals surface area (Å²) in [4.78, 5) is 0. The van der Waals surface area contributed by atoms with Gasteiger partial charge in [-0.25, -0.2) is 0 Å². The predicted molar refractivity (Wildman–Crippen MR) is 85.5 cm³/mol. The molecule has 0 amide bonds.